The van der Waals surface area contributed by atoms with Crippen molar-refractivity contribution in [3.8, 4) is 0 Å². The second-order valence-electron chi connectivity index (χ2n) is 4.75. The van der Waals surface area contributed by atoms with Crippen LogP contribution in [0.15, 0.2) is 5.10 Å². The van der Waals surface area contributed by atoms with Gasteiger partial charge >= 0.3 is 0 Å². The topological polar surface area (TPSA) is 41.6 Å². The third kappa shape index (κ3) is 3.25. The van der Waals surface area contributed by atoms with Crippen molar-refractivity contribution in [3.63, 3.8) is 0 Å². The third-order valence-corrected chi connectivity index (χ3v) is 2.35. The lowest BCUT2D eigenvalue weighted by molar-refractivity contribution is 0.236. The normalized spacial score (nSPS) is 20.5. The molecular formula is C10H21N3. The Morgan fingerprint density at radius 2 is 1.69 bits per heavy atom. The van der Waals surface area contributed by atoms with E-state index in [1.807, 2.05) is 0 Å². The summed E-state index contributed by atoms with van der Waals surface area (Å²) in [7, 11) is 0. The largest absolute Gasteiger partial charge is 0.385 e. The second kappa shape index (κ2) is 3.99. The highest BCUT2D eigenvalue weighted by Crippen LogP contribution is 2.15. The first kappa shape index (κ1) is 10.4. The fourth-order valence-corrected chi connectivity index (χ4v) is 1.28. The summed E-state index contributed by atoms with van der Waals surface area (Å²) in [5.41, 5.74) is 5.89. The van der Waals surface area contributed by atoms with E-state index in [4.69, 9.17) is 5.73 Å². The molecule has 0 saturated carbocycles. The molecule has 0 bridgehead atoms. The van der Waals surface area contributed by atoms with Gasteiger partial charge in [-0.1, -0.05) is 20.8 Å². The van der Waals surface area contributed by atoms with E-state index in [2.05, 4.69) is 30.9 Å². The maximum Gasteiger partial charge on any atom is 0.125 e. The average Bonchev–Trinajstić information content (AvgIpc) is 2.04. The Bertz CT molecular complexity index is 185. The van der Waals surface area contributed by atoms with Gasteiger partial charge in [-0.2, -0.15) is 5.10 Å². The van der Waals surface area contributed by atoms with Crippen molar-refractivity contribution in [2.24, 2.45) is 16.3 Å². The predicted molar refractivity (Wildman–Crippen MR) is 56.5 cm³/mol. The molecule has 1 saturated heterocycles. The summed E-state index contributed by atoms with van der Waals surface area (Å²) in [6.07, 6.45) is 3.84. The van der Waals surface area contributed by atoms with E-state index >= 15 is 0 Å². The van der Waals surface area contributed by atoms with Gasteiger partial charge in [0.05, 0.1) is 0 Å². The van der Waals surface area contributed by atoms with E-state index in [9.17, 15) is 0 Å². The molecule has 1 aliphatic heterocycles. The molecule has 1 fully saturated rings. The van der Waals surface area contributed by atoms with Crippen LogP contribution in [0.1, 0.15) is 40.0 Å². The Balaban J connectivity index is 2.53. The van der Waals surface area contributed by atoms with Crippen molar-refractivity contribution in [1.82, 2.24) is 5.01 Å². The second-order valence-corrected chi connectivity index (χ2v) is 4.75. The first-order chi connectivity index (χ1) is 6.00. The van der Waals surface area contributed by atoms with Crippen LogP contribution in [0.25, 0.3) is 0 Å². The van der Waals surface area contributed by atoms with Crippen LogP contribution in [-0.2, 0) is 0 Å². The van der Waals surface area contributed by atoms with Crippen molar-refractivity contribution in [1.29, 1.82) is 0 Å². The molecule has 0 radical (unpaired) electrons. The van der Waals surface area contributed by atoms with Crippen LogP contribution in [0, 0.1) is 5.41 Å². The molecule has 0 aromatic rings. The number of piperidine rings is 1. The number of rotatable bonds is 1. The number of nitrogens with two attached hydrogens (primary N) is 1. The van der Waals surface area contributed by atoms with E-state index in [0.29, 0.717) is 0 Å². The lowest BCUT2D eigenvalue weighted by atomic mass is 9.96. The minimum atomic E-state index is -0.00253. The summed E-state index contributed by atoms with van der Waals surface area (Å²) in [6, 6.07) is 0. The Kier molecular flexibility index (Phi) is 3.17. The minimum absolute atomic E-state index is 0.00253. The molecule has 1 heterocycles. The fourth-order valence-electron chi connectivity index (χ4n) is 1.28. The zero-order valence-corrected chi connectivity index (χ0v) is 9.01. The fraction of sp³-hybridized carbons (Fsp3) is 0.900. The van der Waals surface area contributed by atoms with Gasteiger partial charge in [-0.25, -0.2) is 0 Å². The van der Waals surface area contributed by atoms with Crippen LogP contribution in [0.4, 0.5) is 0 Å². The van der Waals surface area contributed by atoms with Crippen molar-refractivity contribution < 1.29 is 0 Å². The zero-order valence-electron chi connectivity index (χ0n) is 9.01. The Hall–Kier alpha value is -0.730. The van der Waals surface area contributed by atoms with Crippen LogP contribution < -0.4 is 5.73 Å². The van der Waals surface area contributed by atoms with Gasteiger partial charge in [0, 0.05) is 18.5 Å². The molecule has 1 aliphatic rings. The molecule has 76 valence electrons. The molecule has 0 aromatic heterocycles. The number of nitrogens with zero attached hydrogens (tertiary/aromatic N) is 2. The Morgan fingerprint density at radius 3 is 2.15 bits per heavy atom. The molecule has 2 N–H and O–H groups in total. The molecule has 3 heteroatoms. The molecule has 13 heavy (non-hydrogen) atoms. The van der Waals surface area contributed by atoms with E-state index in [0.717, 1.165) is 18.9 Å². The lowest BCUT2D eigenvalue weighted by Gasteiger charge is -2.27. The molecule has 0 aliphatic carbocycles. The van der Waals surface area contributed by atoms with Crippen LogP contribution >= 0.6 is 0 Å². The summed E-state index contributed by atoms with van der Waals surface area (Å²) in [5, 5.41) is 6.54. The minimum Gasteiger partial charge on any atom is -0.385 e. The zero-order chi connectivity index (χ0) is 9.90. The maximum atomic E-state index is 5.89. The first-order valence-corrected chi connectivity index (χ1v) is 5.09. The number of amidine groups is 1. The van der Waals surface area contributed by atoms with E-state index in [1.165, 1.54) is 19.3 Å². The quantitative estimate of drug-likeness (QED) is 0.497. The number of hydrogen-bond acceptors (Lipinski definition) is 2. The smallest absolute Gasteiger partial charge is 0.125 e. The van der Waals surface area contributed by atoms with Crippen LogP contribution in [0.3, 0.4) is 0 Å². The molecule has 3 nitrogen and oxygen atoms in total. The Labute approximate surface area is 81.0 Å². The van der Waals surface area contributed by atoms with Gasteiger partial charge in [0.2, 0.25) is 0 Å². The molecule has 0 amide bonds. The number of hydrazone groups is 1. The highest BCUT2D eigenvalue weighted by Gasteiger charge is 2.17. The first-order valence-electron chi connectivity index (χ1n) is 5.09. The van der Waals surface area contributed by atoms with Crippen LogP contribution in [-0.4, -0.2) is 23.9 Å². The average molecular weight is 183 g/mol. The molecule has 0 atom stereocenters. The maximum absolute atomic E-state index is 5.89. The van der Waals surface area contributed by atoms with E-state index in [1.54, 1.807) is 0 Å². The summed E-state index contributed by atoms with van der Waals surface area (Å²) in [6.45, 7) is 8.41. The van der Waals surface area contributed by atoms with Gasteiger partial charge in [0.1, 0.15) is 5.84 Å². The van der Waals surface area contributed by atoms with E-state index < -0.39 is 0 Å². The molecule has 1 rings (SSSR count). The van der Waals surface area contributed by atoms with Gasteiger partial charge in [-0.15, -0.1) is 0 Å². The van der Waals surface area contributed by atoms with Crippen molar-refractivity contribution >= 4 is 5.84 Å². The third-order valence-electron chi connectivity index (χ3n) is 2.35. The van der Waals surface area contributed by atoms with Gasteiger partial charge in [-0.3, -0.25) is 5.01 Å². The molecule has 0 aromatic carbocycles. The van der Waals surface area contributed by atoms with Crippen molar-refractivity contribution in [3.05, 3.63) is 0 Å². The summed E-state index contributed by atoms with van der Waals surface area (Å²) in [4.78, 5) is 0. The molecule has 0 spiro atoms. The van der Waals surface area contributed by atoms with Gasteiger partial charge in [0.15, 0.2) is 0 Å². The molecule has 0 unspecified atom stereocenters. The standard InChI is InChI=1S/C10H21N3/c1-10(2,3)9(11)12-13-7-5-4-6-8-13/h4-8H2,1-3H3,(H2,11,12). The summed E-state index contributed by atoms with van der Waals surface area (Å²) >= 11 is 0. The van der Waals surface area contributed by atoms with Gasteiger partial charge < -0.3 is 5.73 Å². The van der Waals surface area contributed by atoms with E-state index in [-0.39, 0.29) is 5.41 Å². The highest BCUT2D eigenvalue weighted by molar-refractivity contribution is 5.85. The Morgan fingerprint density at radius 1 is 1.15 bits per heavy atom. The van der Waals surface area contributed by atoms with Gasteiger partial charge in [-0.05, 0) is 19.3 Å². The lowest BCUT2D eigenvalue weighted by Crippen LogP contribution is -2.34. The monoisotopic (exact) mass is 183 g/mol. The predicted octanol–water partition coefficient (Wildman–Crippen LogP) is 1.79. The van der Waals surface area contributed by atoms with Gasteiger partial charge in [0.25, 0.3) is 0 Å². The van der Waals surface area contributed by atoms with Crippen LogP contribution in [0.2, 0.25) is 0 Å². The SMILES string of the molecule is CC(C)(C)/C(N)=N/N1CCCCC1. The van der Waals surface area contributed by atoms with Crippen LogP contribution in [0.5, 0.6) is 0 Å². The van der Waals surface area contributed by atoms with Crippen molar-refractivity contribution in [2.45, 2.75) is 40.0 Å². The molecular weight excluding hydrogens is 162 g/mol. The summed E-state index contributed by atoms with van der Waals surface area (Å²) < 4.78 is 0. The number of hydrogen-bond donors (Lipinski definition) is 1. The highest BCUT2D eigenvalue weighted by atomic mass is 15.5. The van der Waals surface area contributed by atoms with Crippen molar-refractivity contribution in [2.75, 3.05) is 13.1 Å². The summed E-state index contributed by atoms with van der Waals surface area (Å²) in [5.74, 6) is 0.745.